The minimum atomic E-state index is -0.653. The van der Waals surface area contributed by atoms with E-state index >= 15 is 0 Å². The van der Waals surface area contributed by atoms with E-state index in [4.69, 9.17) is 29.0 Å². The van der Waals surface area contributed by atoms with Crippen LogP contribution in [-0.2, 0) is 5.54 Å². The highest BCUT2D eigenvalue weighted by molar-refractivity contribution is 6.31. The molecule has 2 aromatic rings. The Morgan fingerprint density at radius 1 is 1.19 bits per heavy atom. The predicted molar refractivity (Wildman–Crippen MR) is 81.7 cm³/mol. The molecule has 21 heavy (non-hydrogen) atoms. The number of hydrogen-bond acceptors (Lipinski definition) is 3. The average molecular weight is 327 g/mol. The van der Waals surface area contributed by atoms with Gasteiger partial charge in [-0.1, -0.05) is 28.4 Å². The van der Waals surface area contributed by atoms with E-state index in [9.17, 15) is 4.39 Å². The van der Waals surface area contributed by atoms with Crippen molar-refractivity contribution in [3.63, 3.8) is 0 Å². The third kappa shape index (κ3) is 3.49. The number of aromatic nitrogens is 1. The summed E-state index contributed by atoms with van der Waals surface area (Å²) >= 11 is 11.9. The summed E-state index contributed by atoms with van der Waals surface area (Å²) in [6, 6.07) is 7.84. The lowest BCUT2D eigenvalue weighted by atomic mass is 9.95. The molecule has 0 saturated carbocycles. The van der Waals surface area contributed by atoms with Crippen LogP contribution in [0.2, 0.25) is 10.2 Å². The molecule has 0 radical (unpaired) electrons. The van der Waals surface area contributed by atoms with Crippen molar-refractivity contribution in [2.75, 3.05) is 0 Å². The first-order valence-corrected chi connectivity index (χ1v) is 6.84. The van der Waals surface area contributed by atoms with Gasteiger partial charge in [0.05, 0.1) is 10.7 Å². The highest BCUT2D eigenvalue weighted by Crippen LogP contribution is 2.31. The summed E-state index contributed by atoms with van der Waals surface area (Å²) in [6.45, 7) is 3.69. The zero-order valence-electron chi connectivity index (χ0n) is 11.4. The molecule has 0 aliphatic carbocycles. The van der Waals surface area contributed by atoms with E-state index in [1.54, 1.807) is 18.2 Å². The van der Waals surface area contributed by atoms with Crippen molar-refractivity contribution in [3.8, 4) is 11.3 Å². The minimum absolute atomic E-state index is 0.0248. The number of nitrogens with two attached hydrogens (primary N) is 1. The first-order valence-electron chi connectivity index (χ1n) is 6.09. The minimum Gasteiger partial charge on any atom is -0.305 e. The van der Waals surface area contributed by atoms with Crippen LogP contribution in [0.1, 0.15) is 19.4 Å². The molecule has 0 spiro atoms. The molecule has 1 heterocycles. The fourth-order valence-electron chi connectivity index (χ4n) is 1.86. The molecule has 0 atom stereocenters. The molecule has 0 aliphatic heterocycles. The Balaban J connectivity index is 2.55. The Kier molecular flexibility index (Phi) is 4.44. The Labute approximate surface area is 131 Å². The van der Waals surface area contributed by atoms with Crippen LogP contribution in [0.3, 0.4) is 0 Å². The lowest BCUT2D eigenvalue weighted by Gasteiger charge is -2.19. The Morgan fingerprint density at radius 2 is 1.90 bits per heavy atom. The number of pyridine rings is 1. The Hall–Kier alpha value is -1.72. The maximum absolute atomic E-state index is 13.2. The summed E-state index contributed by atoms with van der Waals surface area (Å²) < 4.78 is 13.2. The van der Waals surface area contributed by atoms with E-state index in [0.717, 1.165) is 5.56 Å². The largest absolute Gasteiger partial charge is 0.305 e. The van der Waals surface area contributed by atoms with E-state index in [0.29, 0.717) is 16.4 Å². The number of nitrogens with zero attached hydrogens (tertiary/aromatic N) is 3. The SMILES string of the molecule is CC(C)(N=NN)c1cc(Cl)nc(-c2ccc(F)c(Cl)c2)c1. The van der Waals surface area contributed by atoms with Crippen LogP contribution >= 0.6 is 23.2 Å². The second-order valence-electron chi connectivity index (χ2n) is 4.97. The van der Waals surface area contributed by atoms with E-state index < -0.39 is 11.4 Å². The summed E-state index contributed by atoms with van der Waals surface area (Å²) in [5.74, 6) is 4.64. The van der Waals surface area contributed by atoms with E-state index in [1.165, 1.54) is 12.1 Å². The summed E-state index contributed by atoms with van der Waals surface area (Å²) in [5, 5.41) is 7.62. The monoisotopic (exact) mass is 326 g/mol. The average Bonchev–Trinajstić information content (AvgIpc) is 2.41. The van der Waals surface area contributed by atoms with Crippen molar-refractivity contribution >= 4 is 23.2 Å². The zero-order valence-corrected chi connectivity index (χ0v) is 13.0. The van der Waals surface area contributed by atoms with Crippen LogP contribution in [0.15, 0.2) is 40.7 Å². The molecule has 4 nitrogen and oxygen atoms in total. The van der Waals surface area contributed by atoms with Gasteiger partial charge in [-0.3, -0.25) is 0 Å². The van der Waals surface area contributed by atoms with Gasteiger partial charge in [0.2, 0.25) is 0 Å². The van der Waals surface area contributed by atoms with Gasteiger partial charge in [0.1, 0.15) is 16.5 Å². The van der Waals surface area contributed by atoms with Crippen molar-refractivity contribution in [3.05, 3.63) is 51.9 Å². The van der Waals surface area contributed by atoms with Gasteiger partial charge in [0.15, 0.2) is 0 Å². The van der Waals surface area contributed by atoms with Gasteiger partial charge in [0, 0.05) is 5.56 Å². The topological polar surface area (TPSA) is 63.6 Å². The van der Waals surface area contributed by atoms with Gasteiger partial charge in [-0.15, -0.1) is 0 Å². The van der Waals surface area contributed by atoms with Gasteiger partial charge in [-0.2, -0.15) is 5.11 Å². The standard InChI is InChI=1S/C14H13Cl2FN4/c1-14(2,20-21-18)9-6-12(19-13(16)7-9)8-3-4-11(17)10(15)5-8/h3-7H,1-2H3,(H2,18,20). The molecule has 0 fully saturated rings. The van der Waals surface area contributed by atoms with Crippen LogP contribution in [0.25, 0.3) is 11.3 Å². The van der Waals surface area contributed by atoms with E-state index in [1.807, 2.05) is 13.8 Å². The highest BCUT2D eigenvalue weighted by atomic mass is 35.5. The van der Waals surface area contributed by atoms with Crippen molar-refractivity contribution < 1.29 is 4.39 Å². The van der Waals surface area contributed by atoms with Crippen LogP contribution in [-0.4, -0.2) is 4.98 Å². The van der Waals surface area contributed by atoms with Gasteiger partial charge in [-0.25, -0.2) is 9.37 Å². The van der Waals surface area contributed by atoms with Crippen LogP contribution in [0.5, 0.6) is 0 Å². The molecular formula is C14H13Cl2FN4. The molecule has 0 amide bonds. The third-order valence-electron chi connectivity index (χ3n) is 3.02. The highest BCUT2D eigenvalue weighted by Gasteiger charge is 2.22. The fraction of sp³-hybridized carbons (Fsp3) is 0.214. The number of benzene rings is 1. The molecule has 0 saturated heterocycles. The van der Waals surface area contributed by atoms with E-state index in [-0.39, 0.29) is 5.02 Å². The van der Waals surface area contributed by atoms with Crippen LogP contribution in [0, 0.1) is 5.82 Å². The molecule has 0 unspecified atom stereocenters. The van der Waals surface area contributed by atoms with Crippen molar-refractivity contribution in [1.82, 2.24) is 4.98 Å². The summed E-state index contributed by atoms with van der Waals surface area (Å²) in [7, 11) is 0. The molecular weight excluding hydrogens is 314 g/mol. The molecule has 0 bridgehead atoms. The van der Waals surface area contributed by atoms with E-state index in [2.05, 4.69) is 15.3 Å². The van der Waals surface area contributed by atoms with Gasteiger partial charge < -0.3 is 5.84 Å². The number of rotatable bonds is 3. The lowest BCUT2D eigenvalue weighted by molar-refractivity contribution is 0.516. The fourth-order valence-corrected chi connectivity index (χ4v) is 2.24. The van der Waals surface area contributed by atoms with Gasteiger partial charge in [-0.05, 0) is 49.7 Å². The van der Waals surface area contributed by atoms with Crippen LogP contribution < -0.4 is 5.84 Å². The lowest BCUT2D eigenvalue weighted by Crippen LogP contribution is -2.14. The third-order valence-corrected chi connectivity index (χ3v) is 3.51. The van der Waals surface area contributed by atoms with Gasteiger partial charge >= 0.3 is 0 Å². The number of halogens is 3. The summed E-state index contributed by atoms with van der Waals surface area (Å²) in [6.07, 6.45) is 0. The summed E-state index contributed by atoms with van der Waals surface area (Å²) in [4.78, 5) is 4.23. The first kappa shape index (κ1) is 15.7. The van der Waals surface area contributed by atoms with Crippen molar-refractivity contribution in [2.45, 2.75) is 19.4 Å². The maximum atomic E-state index is 13.2. The predicted octanol–water partition coefficient (Wildman–Crippen LogP) is 4.76. The molecule has 0 aliphatic rings. The normalized spacial score (nSPS) is 12.0. The molecule has 110 valence electrons. The molecule has 2 rings (SSSR count). The molecule has 2 N–H and O–H groups in total. The summed E-state index contributed by atoms with van der Waals surface area (Å²) in [5.41, 5.74) is 1.36. The van der Waals surface area contributed by atoms with Crippen molar-refractivity contribution in [1.29, 1.82) is 0 Å². The Morgan fingerprint density at radius 3 is 2.52 bits per heavy atom. The second kappa shape index (κ2) is 5.95. The van der Waals surface area contributed by atoms with Crippen molar-refractivity contribution in [2.24, 2.45) is 16.2 Å². The number of hydrogen-bond donors (Lipinski definition) is 1. The zero-order chi connectivity index (χ0) is 15.6. The Bertz CT molecular complexity index is 701. The smallest absolute Gasteiger partial charge is 0.141 e. The molecule has 1 aromatic carbocycles. The second-order valence-corrected chi connectivity index (χ2v) is 5.76. The quantitative estimate of drug-likeness (QED) is 0.382. The van der Waals surface area contributed by atoms with Gasteiger partial charge in [0.25, 0.3) is 0 Å². The molecule has 7 heteroatoms. The first-order chi connectivity index (χ1) is 9.83. The molecule has 1 aromatic heterocycles. The maximum Gasteiger partial charge on any atom is 0.141 e. The van der Waals surface area contributed by atoms with Crippen LogP contribution in [0.4, 0.5) is 4.39 Å².